The van der Waals surface area contributed by atoms with Gasteiger partial charge in [0.25, 0.3) is 5.91 Å². The molecule has 138 valence electrons. The van der Waals surface area contributed by atoms with E-state index in [-0.39, 0.29) is 5.91 Å². The van der Waals surface area contributed by atoms with Crippen LogP contribution in [0.5, 0.6) is 0 Å². The largest absolute Gasteiger partial charge is 0.359 e. The summed E-state index contributed by atoms with van der Waals surface area (Å²) in [5.74, 6) is 1.30. The molecule has 8 nitrogen and oxygen atoms in total. The smallest absolute Gasteiger partial charge is 0.276 e. The molecule has 0 fully saturated rings. The first-order valence-electron chi connectivity index (χ1n) is 8.61. The number of hydrogen-bond donors (Lipinski definition) is 0. The lowest BCUT2D eigenvalue weighted by atomic mass is 10.3. The van der Waals surface area contributed by atoms with Gasteiger partial charge in [-0.2, -0.15) is 5.10 Å². The van der Waals surface area contributed by atoms with Gasteiger partial charge in [0.15, 0.2) is 11.5 Å². The molecule has 0 aliphatic carbocycles. The number of aryl methyl sites for hydroxylation is 2. The van der Waals surface area contributed by atoms with Crippen molar-refractivity contribution in [2.24, 2.45) is 7.05 Å². The van der Waals surface area contributed by atoms with Crippen LogP contribution in [0.4, 0.5) is 0 Å². The van der Waals surface area contributed by atoms with Crippen molar-refractivity contribution in [2.45, 2.75) is 20.0 Å². The molecule has 0 spiro atoms. The molecule has 0 aliphatic heterocycles. The molecule has 0 bridgehead atoms. The first-order chi connectivity index (χ1) is 13.0. The van der Waals surface area contributed by atoms with Crippen molar-refractivity contribution >= 4 is 16.9 Å². The quantitative estimate of drug-likeness (QED) is 0.543. The van der Waals surface area contributed by atoms with Crippen LogP contribution in [0.1, 0.15) is 27.6 Å². The van der Waals surface area contributed by atoms with E-state index in [2.05, 4.69) is 15.2 Å². The summed E-state index contributed by atoms with van der Waals surface area (Å²) >= 11 is 0. The Kier molecular flexibility index (Phi) is 4.23. The van der Waals surface area contributed by atoms with Gasteiger partial charge in [0.2, 0.25) is 0 Å². The van der Waals surface area contributed by atoms with E-state index in [0.717, 1.165) is 22.4 Å². The van der Waals surface area contributed by atoms with Crippen LogP contribution in [0.25, 0.3) is 11.0 Å². The van der Waals surface area contributed by atoms with Crippen LogP contribution < -0.4 is 0 Å². The topological polar surface area (TPSA) is 82.0 Å². The van der Waals surface area contributed by atoms with Crippen LogP contribution in [-0.4, -0.2) is 42.3 Å². The summed E-state index contributed by atoms with van der Waals surface area (Å²) < 4.78 is 9.16. The second-order valence-electron chi connectivity index (χ2n) is 6.60. The van der Waals surface area contributed by atoms with Gasteiger partial charge in [0.05, 0.1) is 23.8 Å². The molecule has 0 saturated heterocycles. The number of rotatable bonds is 5. The molecular formula is C19H20N6O2. The maximum absolute atomic E-state index is 12.6. The molecule has 1 amide bonds. The average molecular weight is 364 g/mol. The first kappa shape index (κ1) is 17.0. The molecule has 3 heterocycles. The molecule has 3 aromatic heterocycles. The first-order valence-corrected chi connectivity index (χ1v) is 8.61. The minimum Gasteiger partial charge on any atom is -0.359 e. The van der Waals surface area contributed by atoms with Crippen LogP contribution in [0, 0.1) is 6.92 Å². The Balaban J connectivity index is 1.51. The zero-order valence-corrected chi connectivity index (χ0v) is 15.5. The third-order valence-electron chi connectivity index (χ3n) is 4.46. The van der Waals surface area contributed by atoms with Crippen LogP contribution in [0.2, 0.25) is 0 Å². The molecule has 0 aliphatic rings. The van der Waals surface area contributed by atoms with Crippen molar-refractivity contribution in [1.82, 2.24) is 29.4 Å². The lowest BCUT2D eigenvalue weighted by molar-refractivity contribution is 0.0774. The van der Waals surface area contributed by atoms with E-state index in [1.807, 2.05) is 49.0 Å². The van der Waals surface area contributed by atoms with Gasteiger partial charge < -0.3 is 14.0 Å². The van der Waals surface area contributed by atoms with Gasteiger partial charge in [-0.1, -0.05) is 17.3 Å². The Labute approximate surface area is 156 Å². The van der Waals surface area contributed by atoms with Gasteiger partial charge in [-0.05, 0) is 19.1 Å². The lowest BCUT2D eigenvalue weighted by Crippen LogP contribution is -2.26. The molecule has 0 radical (unpaired) electrons. The third kappa shape index (κ3) is 3.33. The van der Waals surface area contributed by atoms with Crippen LogP contribution in [-0.2, 0) is 20.1 Å². The molecule has 0 unspecified atom stereocenters. The summed E-state index contributed by atoms with van der Waals surface area (Å²) in [7, 11) is 3.58. The summed E-state index contributed by atoms with van der Waals surface area (Å²) in [5, 5.41) is 8.07. The number of carbonyl (C=O) groups is 1. The number of hydrogen-bond acceptors (Lipinski definition) is 5. The number of carbonyl (C=O) groups excluding carboxylic acids is 1. The Hall–Kier alpha value is -3.42. The lowest BCUT2D eigenvalue weighted by Gasteiger charge is -2.13. The number of amides is 1. The molecule has 0 N–H and O–H groups in total. The second kappa shape index (κ2) is 6.71. The maximum Gasteiger partial charge on any atom is 0.276 e. The molecule has 4 aromatic rings. The van der Waals surface area contributed by atoms with E-state index in [9.17, 15) is 4.79 Å². The van der Waals surface area contributed by atoms with Crippen molar-refractivity contribution < 1.29 is 9.32 Å². The summed E-state index contributed by atoms with van der Waals surface area (Å²) in [6.45, 7) is 2.88. The highest BCUT2D eigenvalue weighted by Gasteiger charge is 2.18. The fourth-order valence-electron chi connectivity index (χ4n) is 3.13. The Morgan fingerprint density at radius 2 is 2.11 bits per heavy atom. The van der Waals surface area contributed by atoms with E-state index < -0.39 is 0 Å². The second-order valence-corrected chi connectivity index (χ2v) is 6.60. The summed E-state index contributed by atoms with van der Waals surface area (Å²) in [6, 6.07) is 9.61. The number of aromatic nitrogens is 5. The molecular weight excluding hydrogens is 344 g/mol. The number of nitrogens with zero attached hydrogens (tertiary/aromatic N) is 6. The van der Waals surface area contributed by atoms with Crippen molar-refractivity contribution in [3.63, 3.8) is 0 Å². The van der Waals surface area contributed by atoms with Crippen LogP contribution in [0.15, 0.2) is 47.2 Å². The van der Waals surface area contributed by atoms with Crippen molar-refractivity contribution in [3.8, 4) is 0 Å². The van der Waals surface area contributed by atoms with Gasteiger partial charge >= 0.3 is 0 Å². The van der Waals surface area contributed by atoms with E-state index in [4.69, 9.17) is 4.52 Å². The number of para-hydroxylation sites is 2. The Morgan fingerprint density at radius 3 is 2.89 bits per heavy atom. The van der Waals surface area contributed by atoms with E-state index >= 15 is 0 Å². The van der Waals surface area contributed by atoms with Crippen molar-refractivity contribution in [1.29, 1.82) is 0 Å². The molecule has 4 rings (SSSR count). The third-order valence-corrected chi connectivity index (χ3v) is 4.46. The summed E-state index contributed by atoms with van der Waals surface area (Å²) in [5.41, 5.74) is 3.20. The molecule has 1 aromatic carbocycles. The monoisotopic (exact) mass is 364 g/mol. The predicted molar refractivity (Wildman–Crippen MR) is 99.1 cm³/mol. The van der Waals surface area contributed by atoms with Gasteiger partial charge in [-0.25, -0.2) is 4.98 Å². The van der Waals surface area contributed by atoms with Gasteiger partial charge in [0, 0.05) is 38.5 Å². The highest BCUT2D eigenvalue weighted by Crippen LogP contribution is 2.18. The van der Waals surface area contributed by atoms with Gasteiger partial charge in [0.1, 0.15) is 5.82 Å². The normalized spacial score (nSPS) is 11.2. The standard InChI is InChI=1S/C19H20N6O2/c1-13-21-16-6-4-5-7-18(16)25(13)12-15-8-17(22-27-15)19(26)23(2)10-14-9-20-24(3)11-14/h4-9,11H,10,12H2,1-3H3. The van der Waals surface area contributed by atoms with Gasteiger partial charge in [-0.15, -0.1) is 0 Å². The van der Waals surface area contributed by atoms with E-state index in [1.54, 1.807) is 28.9 Å². The van der Waals surface area contributed by atoms with Gasteiger partial charge in [-0.3, -0.25) is 9.48 Å². The predicted octanol–water partition coefficient (Wildman–Crippen LogP) is 2.39. The fraction of sp³-hybridized carbons (Fsp3) is 0.263. The highest BCUT2D eigenvalue weighted by atomic mass is 16.5. The Bertz CT molecular complexity index is 1110. The summed E-state index contributed by atoms with van der Waals surface area (Å²) in [6.07, 6.45) is 3.62. The zero-order valence-electron chi connectivity index (χ0n) is 15.5. The molecule has 27 heavy (non-hydrogen) atoms. The minimum atomic E-state index is -0.193. The van der Waals surface area contributed by atoms with E-state index in [0.29, 0.717) is 24.5 Å². The zero-order chi connectivity index (χ0) is 19.0. The van der Waals surface area contributed by atoms with Crippen molar-refractivity contribution in [2.75, 3.05) is 7.05 Å². The number of benzene rings is 1. The fourth-order valence-corrected chi connectivity index (χ4v) is 3.13. The maximum atomic E-state index is 12.6. The highest BCUT2D eigenvalue weighted by molar-refractivity contribution is 5.92. The summed E-state index contributed by atoms with van der Waals surface area (Å²) in [4.78, 5) is 18.7. The average Bonchev–Trinajstić information content (AvgIpc) is 3.35. The van der Waals surface area contributed by atoms with Crippen LogP contribution in [0.3, 0.4) is 0 Å². The number of imidazole rings is 1. The molecule has 0 atom stereocenters. The SMILES string of the molecule is Cc1nc2ccccc2n1Cc1cc(C(=O)N(C)Cc2cnn(C)c2)no1. The molecule has 8 heteroatoms. The minimum absolute atomic E-state index is 0.193. The number of fused-ring (bicyclic) bond motifs is 1. The Morgan fingerprint density at radius 1 is 1.30 bits per heavy atom. The van der Waals surface area contributed by atoms with Crippen molar-refractivity contribution in [3.05, 3.63) is 65.6 Å². The van der Waals surface area contributed by atoms with Crippen LogP contribution >= 0.6 is 0 Å². The van der Waals surface area contributed by atoms with E-state index in [1.165, 1.54) is 0 Å². The molecule has 0 saturated carbocycles.